The molecular formula is C20H20Cl2N4OS. The summed E-state index contributed by atoms with van der Waals surface area (Å²) in [6.45, 7) is 2.98. The van der Waals surface area contributed by atoms with E-state index in [9.17, 15) is 4.79 Å². The van der Waals surface area contributed by atoms with Crippen LogP contribution in [0.1, 0.15) is 17.5 Å². The van der Waals surface area contributed by atoms with E-state index in [0.717, 1.165) is 22.5 Å². The highest BCUT2D eigenvalue weighted by Crippen LogP contribution is 2.21. The normalized spacial score (nSPS) is 10.8. The first-order valence-corrected chi connectivity index (χ1v) is 10.0. The first-order chi connectivity index (χ1) is 13.4. The van der Waals surface area contributed by atoms with E-state index >= 15 is 0 Å². The molecule has 3 aromatic rings. The minimum Gasteiger partial charge on any atom is -0.356 e. The third kappa shape index (κ3) is 5.22. The second-order valence-corrected chi connectivity index (χ2v) is 7.69. The van der Waals surface area contributed by atoms with E-state index in [0.29, 0.717) is 40.7 Å². The number of amides is 1. The third-order valence-electron chi connectivity index (χ3n) is 4.33. The minimum absolute atomic E-state index is 0.0524. The van der Waals surface area contributed by atoms with Gasteiger partial charge < -0.3 is 5.32 Å². The lowest BCUT2D eigenvalue weighted by molar-refractivity contribution is -0.121. The summed E-state index contributed by atoms with van der Waals surface area (Å²) in [6.07, 6.45) is 0.947. The molecule has 0 fully saturated rings. The van der Waals surface area contributed by atoms with Crippen molar-refractivity contribution in [2.75, 3.05) is 6.54 Å². The van der Waals surface area contributed by atoms with Gasteiger partial charge in [0.25, 0.3) is 0 Å². The number of rotatable bonds is 7. The van der Waals surface area contributed by atoms with Gasteiger partial charge in [-0.05, 0) is 49.3 Å². The number of aromatic nitrogens is 3. The molecule has 0 aliphatic carbocycles. The van der Waals surface area contributed by atoms with Crippen molar-refractivity contribution in [2.24, 2.45) is 0 Å². The number of nitrogens with one attached hydrogen (secondary N) is 2. The molecule has 0 spiro atoms. The quantitative estimate of drug-likeness (QED) is 0.515. The summed E-state index contributed by atoms with van der Waals surface area (Å²) in [5.74, 6) is 0.679. The van der Waals surface area contributed by atoms with E-state index < -0.39 is 0 Å². The number of halogens is 2. The maximum absolute atomic E-state index is 12.2. The fourth-order valence-electron chi connectivity index (χ4n) is 2.89. The minimum atomic E-state index is -0.0524. The molecule has 0 aliphatic heterocycles. The van der Waals surface area contributed by atoms with Crippen molar-refractivity contribution in [1.82, 2.24) is 20.1 Å². The fraction of sp³-hybridized carbons (Fsp3) is 0.250. The van der Waals surface area contributed by atoms with Crippen molar-refractivity contribution in [3.05, 3.63) is 68.4 Å². The molecule has 0 atom stereocenters. The maximum atomic E-state index is 12.2. The van der Waals surface area contributed by atoms with Crippen molar-refractivity contribution in [3.63, 3.8) is 0 Å². The molecule has 1 heterocycles. The number of benzene rings is 2. The maximum Gasteiger partial charge on any atom is 0.221 e. The average Bonchev–Trinajstić information content (AvgIpc) is 3.02. The molecule has 5 nitrogen and oxygen atoms in total. The van der Waals surface area contributed by atoms with Crippen LogP contribution < -0.4 is 5.32 Å². The topological polar surface area (TPSA) is 62.7 Å². The van der Waals surface area contributed by atoms with Gasteiger partial charge in [0.05, 0.1) is 0 Å². The molecule has 3 rings (SSSR count). The van der Waals surface area contributed by atoms with Gasteiger partial charge in [-0.15, -0.1) is 0 Å². The van der Waals surface area contributed by atoms with Crippen molar-refractivity contribution < 1.29 is 4.79 Å². The van der Waals surface area contributed by atoms with E-state index in [2.05, 4.69) is 15.5 Å². The largest absolute Gasteiger partial charge is 0.356 e. The zero-order valence-electron chi connectivity index (χ0n) is 15.3. The van der Waals surface area contributed by atoms with Gasteiger partial charge in [-0.1, -0.05) is 53.0 Å². The Kier molecular flexibility index (Phi) is 6.88. The molecule has 8 heteroatoms. The third-order valence-corrected chi connectivity index (χ3v) is 5.23. The molecule has 0 saturated carbocycles. The molecule has 1 amide bonds. The van der Waals surface area contributed by atoms with Crippen LogP contribution in [0, 0.1) is 11.7 Å². The second kappa shape index (κ2) is 9.37. The van der Waals surface area contributed by atoms with E-state index in [-0.39, 0.29) is 5.91 Å². The molecule has 0 radical (unpaired) electrons. The first-order valence-electron chi connectivity index (χ1n) is 8.87. The zero-order chi connectivity index (χ0) is 20.1. The Morgan fingerprint density at radius 2 is 2.07 bits per heavy atom. The van der Waals surface area contributed by atoms with Crippen LogP contribution >= 0.6 is 35.4 Å². The summed E-state index contributed by atoms with van der Waals surface area (Å²) in [6, 6.07) is 13.4. The summed E-state index contributed by atoms with van der Waals surface area (Å²) in [5.41, 5.74) is 3.05. The molecular weight excluding hydrogens is 415 g/mol. The monoisotopic (exact) mass is 434 g/mol. The standard InChI is InChI=1S/C20H20Cl2N4OS/c1-13-3-2-4-15(11-13)19-24-25-20(28)26(19)10-8-18(27)23-9-7-14-5-6-16(21)12-17(14)22/h2-6,11-12H,7-10H2,1H3,(H,23,27)(H,25,28). The van der Waals surface area contributed by atoms with E-state index in [1.165, 1.54) is 0 Å². The summed E-state index contributed by atoms with van der Waals surface area (Å²) >= 11 is 17.4. The van der Waals surface area contributed by atoms with Crippen LogP contribution in [0.15, 0.2) is 42.5 Å². The second-order valence-electron chi connectivity index (χ2n) is 6.46. The number of carbonyl (C=O) groups excluding carboxylic acids is 1. The number of aromatic amines is 1. The molecule has 1 aromatic heterocycles. The SMILES string of the molecule is Cc1cccc(-c2n[nH]c(=S)n2CCC(=O)NCCc2ccc(Cl)cc2Cl)c1. The lowest BCUT2D eigenvalue weighted by Crippen LogP contribution is -2.26. The van der Waals surface area contributed by atoms with Gasteiger partial charge in [-0.2, -0.15) is 5.10 Å². The van der Waals surface area contributed by atoms with E-state index in [1.54, 1.807) is 12.1 Å². The smallest absolute Gasteiger partial charge is 0.221 e. The molecule has 146 valence electrons. The van der Waals surface area contributed by atoms with Gasteiger partial charge >= 0.3 is 0 Å². The van der Waals surface area contributed by atoms with Crippen molar-refractivity contribution >= 4 is 41.3 Å². The molecule has 0 saturated heterocycles. The fourth-order valence-corrected chi connectivity index (χ4v) is 3.62. The molecule has 2 N–H and O–H groups in total. The Labute approximate surface area is 178 Å². The predicted octanol–water partition coefficient (Wildman–Crippen LogP) is 4.97. The molecule has 0 aliphatic rings. The highest BCUT2D eigenvalue weighted by Gasteiger charge is 2.11. The van der Waals surface area contributed by atoms with Gasteiger partial charge in [0.15, 0.2) is 10.6 Å². The number of aryl methyl sites for hydroxylation is 1. The van der Waals surface area contributed by atoms with Gasteiger partial charge in [0, 0.05) is 35.1 Å². The highest BCUT2D eigenvalue weighted by atomic mass is 35.5. The highest BCUT2D eigenvalue weighted by molar-refractivity contribution is 7.71. The summed E-state index contributed by atoms with van der Waals surface area (Å²) < 4.78 is 2.34. The van der Waals surface area contributed by atoms with Crippen LogP contribution in [0.3, 0.4) is 0 Å². The van der Waals surface area contributed by atoms with Crippen LogP contribution in [-0.4, -0.2) is 27.2 Å². The van der Waals surface area contributed by atoms with Crippen molar-refractivity contribution in [3.8, 4) is 11.4 Å². The van der Waals surface area contributed by atoms with Gasteiger partial charge in [0.2, 0.25) is 5.91 Å². The number of nitrogens with zero attached hydrogens (tertiary/aromatic N) is 2. The van der Waals surface area contributed by atoms with E-state index in [4.69, 9.17) is 35.4 Å². The van der Waals surface area contributed by atoms with Gasteiger partial charge in [-0.3, -0.25) is 14.5 Å². The Morgan fingerprint density at radius 3 is 2.82 bits per heavy atom. The van der Waals surface area contributed by atoms with Gasteiger partial charge in [-0.25, -0.2) is 0 Å². The number of hydrogen-bond acceptors (Lipinski definition) is 3. The van der Waals surface area contributed by atoms with Crippen LogP contribution in [-0.2, 0) is 17.8 Å². The Balaban J connectivity index is 1.56. The van der Waals surface area contributed by atoms with Gasteiger partial charge in [0.1, 0.15) is 0 Å². The number of H-pyrrole nitrogens is 1. The van der Waals surface area contributed by atoms with Crippen molar-refractivity contribution in [2.45, 2.75) is 26.3 Å². The zero-order valence-corrected chi connectivity index (χ0v) is 17.7. The summed E-state index contributed by atoms with van der Waals surface area (Å²) in [5, 5.41) is 11.2. The Bertz CT molecular complexity index is 1040. The Hall–Kier alpha value is -2.15. The first kappa shape index (κ1) is 20.6. The molecule has 0 bridgehead atoms. The summed E-state index contributed by atoms with van der Waals surface area (Å²) in [7, 11) is 0. The predicted molar refractivity (Wildman–Crippen MR) is 115 cm³/mol. The van der Waals surface area contributed by atoms with Crippen LogP contribution in [0.2, 0.25) is 10.0 Å². The van der Waals surface area contributed by atoms with Crippen LogP contribution in [0.25, 0.3) is 11.4 Å². The van der Waals surface area contributed by atoms with E-state index in [1.807, 2.05) is 41.8 Å². The number of hydrogen-bond donors (Lipinski definition) is 2. The average molecular weight is 435 g/mol. The number of carbonyl (C=O) groups is 1. The molecule has 2 aromatic carbocycles. The lowest BCUT2D eigenvalue weighted by atomic mass is 10.1. The molecule has 28 heavy (non-hydrogen) atoms. The van der Waals surface area contributed by atoms with Crippen molar-refractivity contribution in [1.29, 1.82) is 0 Å². The van der Waals surface area contributed by atoms with Crippen LogP contribution in [0.5, 0.6) is 0 Å². The lowest BCUT2D eigenvalue weighted by Gasteiger charge is -2.09. The molecule has 0 unspecified atom stereocenters. The summed E-state index contributed by atoms with van der Waals surface area (Å²) in [4.78, 5) is 12.2. The van der Waals surface area contributed by atoms with Crippen LogP contribution in [0.4, 0.5) is 0 Å². The Morgan fingerprint density at radius 1 is 1.25 bits per heavy atom.